The number of nitrogens with zero attached hydrogens (tertiary/aromatic N) is 1. The Kier molecular flexibility index (Phi) is 13.9. The van der Waals surface area contributed by atoms with Gasteiger partial charge in [0.2, 0.25) is 11.8 Å². The van der Waals surface area contributed by atoms with Gasteiger partial charge in [-0.05, 0) is 53.8 Å². The minimum absolute atomic E-state index is 0.00646. The van der Waals surface area contributed by atoms with Crippen molar-refractivity contribution >= 4 is 11.8 Å². The van der Waals surface area contributed by atoms with Crippen LogP contribution in [0.15, 0.2) is 85.5 Å². The first-order valence-corrected chi connectivity index (χ1v) is 16.1. The molecule has 0 radical (unpaired) electrons. The Labute approximate surface area is 272 Å². The fraction of sp³-hybridized carbons (Fsp3) is 0.405. The highest BCUT2D eigenvalue weighted by Gasteiger charge is 2.32. The lowest BCUT2D eigenvalue weighted by Gasteiger charge is -2.37. The fourth-order valence-electron chi connectivity index (χ4n) is 5.64. The lowest BCUT2D eigenvalue weighted by molar-refractivity contribution is -0.252. The quantitative estimate of drug-likeness (QED) is 0.0629. The molecule has 9 nitrogen and oxygen atoms in total. The van der Waals surface area contributed by atoms with E-state index in [0.29, 0.717) is 25.8 Å². The summed E-state index contributed by atoms with van der Waals surface area (Å²) in [5.41, 5.74) is 7.64. The second-order valence-corrected chi connectivity index (χ2v) is 11.9. The largest absolute Gasteiger partial charge is 0.392 e. The van der Waals surface area contributed by atoms with E-state index < -0.39 is 6.29 Å². The summed E-state index contributed by atoms with van der Waals surface area (Å²) in [4.78, 5) is 25.6. The number of amides is 2. The zero-order valence-corrected chi connectivity index (χ0v) is 26.7. The van der Waals surface area contributed by atoms with Crippen molar-refractivity contribution < 1.29 is 29.4 Å². The van der Waals surface area contributed by atoms with Gasteiger partial charge in [0.15, 0.2) is 6.29 Å². The molecule has 3 aromatic rings. The molecule has 1 aliphatic rings. The van der Waals surface area contributed by atoms with Gasteiger partial charge in [-0.1, -0.05) is 85.6 Å². The topological polar surface area (TPSA) is 120 Å². The van der Waals surface area contributed by atoms with Gasteiger partial charge in [0.05, 0.1) is 18.8 Å². The minimum atomic E-state index is -0.519. The highest BCUT2D eigenvalue weighted by molar-refractivity contribution is 5.76. The van der Waals surface area contributed by atoms with Gasteiger partial charge in [-0.15, -0.1) is 6.58 Å². The number of ether oxygens (including phenoxy) is 2. The molecule has 0 unspecified atom stereocenters. The highest BCUT2D eigenvalue weighted by Crippen LogP contribution is 2.38. The first kappa shape index (κ1) is 35.0. The molecule has 2 amide bonds. The number of benzene rings is 3. The number of nitrogens with one attached hydrogen (secondary N) is 2. The Hall–Kier alpha value is -3.86. The molecule has 1 aliphatic heterocycles. The Balaban J connectivity index is 1.34. The molecule has 1 saturated heterocycles. The van der Waals surface area contributed by atoms with Gasteiger partial charge in [0.1, 0.15) is 0 Å². The number of hydroxylamine groups is 1. The van der Waals surface area contributed by atoms with Crippen molar-refractivity contribution in [3.63, 3.8) is 0 Å². The zero-order chi connectivity index (χ0) is 32.7. The van der Waals surface area contributed by atoms with Crippen molar-refractivity contribution in [3.8, 4) is 11.1 Å². The predicted molar refractivity (Wildman–Crippen MR) is 177 cm³/mol. The van der Waals surface area contributed by atoms with Crippen molar-refractivity contribution in [1.82, 2.24) is 15.7 Å². The van der Waals surface area contributed by atoms with E-state index >= 15 is 0 Å². The number of unbranched alkanes of at least 4 members (excludes halogenated alkanes) is 3. The Bertz CT molecular complexity index is 1390. The summed E-state index contributed by atoms with van der Waals surface area (Å²) < 4.78 is 13.0. The van der Waals surface area contributed by atoms with Crippen LogP contribution in [-0.2, 0) is 32.2 Å². The summed E-state index contributed by atoms with van der Waals surface area (Å²) in [7, 11) is 2.06. The van der Waals surface area contributed by atoms with Crippen molar-refractivity contribution in [2.24, 2.45) is 0 Å². The summed E-state index contributed by atoms with van der Waals surface area (Å²) >= 11 is 0. The van der Waals surface area contributed by atoms with Crippen LogP contribution in [0.2, 0.25) is 0 Å². The SMILES string of the molecule is C=CCN(C)C[C@@H]1C[C@H](c2ccc(CO)cc2)O[C@H](c2ccc(-c3cccc(CNC(=O)CCCCCCC(=O)NO)c3)cc2)O1. The van der Waals surface area contributed by atoms with E-state index in [0.717, 1.165) is 72.2 Å². The third-order valence-electron chi connectivity index (χ3n) is 8.19. The number of aliphatic hydroxyl groups excluding tert-OH is 1. The van der Waals surface area contributed by atoms with E-state index in [2.05, 4.69) is 48.1 Å². The van der Waals surface area contributed by atoms with Crippen molar-refractivity contribution in [3.05, 3.63) is 108 Å². The van der Waals surface area contributed by atoms with E-state index in [4.69, 9.17) is 14.7 Å². The summed E-state index contributed by atoms with van der Waals surface area (Å²) in [5, 5.41) is 21.0. The monoisotopic (exact) mass is 629 g/mol. The number of rotatable bonds is 17. The number of hydrogen-bond acceptors (Lipinski definition) is 7. The molecule has 4 rings (SSSR count). The molecular formula is C37H47N3O6. The number of likely N-dealkylation sites (N-methyl/N-ethyl adjacent to an activating group) is 1. The van der Waals surface area contributed by atoms with Crippen LogP contribution in [0.1, 0.15) is 79.6 Å². The molecule has 1 fully saturated rings. The molecule has 4 N–H and O–H groups in total. The van der Waals surface area contributed by atoms with Crippen molar-refractivity contribution in [1.29, 1.82) is 0 Å². The van der Waals surface area contributed by atoms with Gasteiger partial charge in [0, 0.05) is 44.5 Å². The van der Waals surface area contributed by atoms with Gasteiger partial charge in [-0.2, -0.15) is 0 Å². The standard InChI is InChI=1S/C37H47N3O6/c1-3-21-40(2)25-33-23-34(30-15-13-27(26-41)14-16-30)46-37(45-33)31-19-17-29(18-20-31)32-10-8-9-28(22-32)24-38-35(42)11-6-4-5-7-12-36(43)39-44/h3,8-10,13-20,22,33-34,37,41,44H,1,4-7,11-12,21,23-26H2,2H3,(H,38,42)(H,39,43)/t33-,34+,37+/m0/s1. The minimum Gasteiger partial charge on any atom is -0.392 e. The maximum absolute atomic E-state index is 12.4. The summed E-state index contributed by atoms with van der Waals surface area (Å²) in [6, 6.07) is 24.3. The van der Waals surface area contributed by atoms with Crippen LogP contribution in [0, 0.1) is 0 Å². The Morgan fingerprint density at radius 1 is 0.891 bits per heavy atom. The summed E-state index contributed by atoms with van der Waals surface area (Å²) in [6.07, 6.45) is 5.82. The van der Waals surface area contributed by atoms with E-state index in [1.165, 1.54) is 0 Å². The molecule has 0 spiro atoms. The van der Waals surface area contributed by atoms with Crippen LogP contribution in [0.3, 0.4) is 0 Å². The number of aliphatic hydroxyl groups is 1. The molecule has 0 bridgehead atoms. The molecule has 246 valence electrons. The molecule has 0 saturated carbocycles. The van der Waals surface area contributed by atoms with Gasteiger partial charge >= 0.3 is 0 Å². The Morgan fingerprint density at radius 2 is 1.59 bits per heavy atom. The molecule has 3 atom stereocenters. The lowest BCUT2D eigenvalue weighted by atomic mass is 9.99. The molecule has 3 aromatic carbocycles. The van der Waals surface area contributed by atoms with Crippen LogP contribution in [-0.4, -0.2) is 53.3 Å². The second kappa shape index (κ2) is 18.3. The van der Waals surface area contributed by atoms with E-state index in [1.807, 2.05) is 54.6 Å². The molecule has 46 heavy (non-hydrogen) atoms. The average molecular weight is 630 g/mol. The average Bonchev–Trinajstić information content (AvgIpc) is 3.09. The predicted octanol–water partition coefficient (Wildman–Crippen LogP) is 5.97. The van der Waals surface area contributed by atoms with E-state index in [9.17, 15) is 14.7 Å². The fourth-order valence-corrected chi connectivity index (χ4v) is 5.64. The third-order valence-corrected chi connectivity index (χ3v) is 8.19. The smallest absolute Gasteiger partial charge is 0.243 e. The third kappa shape index (κ3) is 10.9. The molecular weight excluding hydrogens is 582 g/mol. The van der Waals surface area contributed by atoms with Crippen molar-refractivity contribution in [2.45, 2.75) is 76.6 Å². The first-order valence-electron chi connectivity index (χ1n) is 16.1. The lowest BCUT2D eigenvalue weighted by Crippen LogP contribution is -2.37. The van der Waals surface area contributed by atoms with Gasteiger partial charge in [-0.3, -0.25) is 14.8 Å². The van der Waals surface area contributed by atoms with Crippen LogP contribution < -0.4 is 10.8 Å². The summed E-state index contributed by atoms with van der Waals surface area (Å²) in [6.45, 7) is 5.84. The molecule has 1 heterocycles. The van der Waals surface area contributed by atoms with Crippen LogP contribution in [0.5, 0.6) is 0 Å². The molecule has 0 aliphatic carbocycles. The number of carbonyl (C=O) groups is 2. The number of hydrogen-bond donors (Lipinski definition) is 4. The van der Waals surface area contributed by atoms with Crippen LogP contribution in [0.4, 0.5) is 0 Å². The Morgan fingerprint density at radius 3 is 2.26 bits per heavy atom. The number of carbonyl (C=O) groups excluding carboxylic acids is 2. The maximum atomic E-state index is 12.4. The first-order chi connectivity index (χ1) is 22.4. The van der Waals surface area contributed by atoms with Gasteiger partial charge < -0.3 is 24.8 Å². The summed E-state index contributed by atoms with van der Waals surface area (Å²) in [5.74, 6) is -0.372. The van der Waals surface area contributed by atoms with Crippen molar-refractivity contribution in [2.75, 3.05) is 20.1 Å². The van der Waals surface area contributed by atoms with Gasteiger partial charge in [-0.25, -0.2) is 5.48 Å². The second-order valence-electron chi connectivity index (χ2n) is 11.9. The van der Waals surface area contributed by atoms with E-state index in [-0.39, 0.29) is 30.6 Å². The highest BCUT2D eigenvalue weighted by atomic mass is 16.7. The van der Waals surface area contributed by atoms with Gasteiger partial charge in [0.25, 0.3) is 0 Å². The normalized spacial score (nSPS) is 17.9. The maximum Gasteiger partial charge on any atom is 0.243 e. The van der Waals surface area contributed by atoms with E-state index in [1.54, 1.807) is 5.48 Å². The van der Waals surface area contributed by atoms with Crippen LogP contribution >= 0.6 is 0 Å². The zero-order valence-electron chi connectivity index (χ0n) is 26.7. The van der Waals surface area contributed by atoms with Crippen LogP contribution in [0.25, 0.3) is 11.1 Å². The molecule has 0 aromatic heterocycles. The molecule has 9 heteroatoms.